The van der Waals surface area contributed by atoms with Crippen LogP contribution in [0.2, 0.25) is 0 Å². The molecule has 1 heterocycles. The molecule has 0 bridgehead atoms. The van der Waals surface area contributed by atoms with Gasteiger partial charge in [0.15, 0.2) is 11.5 Å². The molecule has 138 valence electrons. The van der Waals surface area contributed by atoms with Crippen LogP contribution in [0.3, 0.4) is 0 Å². The van der Waals surface area contributed by atoms with E-state index in [9.17, 15) is 4.79 Å². The molecule has 1 aliphatic rings. The number of amides is 1. The Kier molecular flexibility index (Phi) is 5.35. The predicted molar refractivity (Wildman–Crippen MR) is 102 cm³/mol. The summed E-state index contributed by atoms with van der Waals surface area (Å²) in [7, 11) is 4.76. The zero-order valence-electron chi connectivity index (χ0n) is 15.7. The van der Waals surface area contributed by atoms with E-state index in [0.717, 1.165) is 17.7 Å². The third-order valence-electron chi connectivity index (χ3n) is 4.83. The molecule has 1 amide bonds. The first-order chi connectivity index (χ1) is 12.6. The van der Waals surface area contributed by atoms with Gasteiger partial charge in [-0.25, -0.2) is 0 Å². The summed E-state index contributed by atoms with van der Waals surface area (Å²) in [5.41, 5.74) is 3.25. The number of hydrogen-bond acceptors (Lipinski definition) is 4. The van der Waals surface area contributed by atoms with Gasteiger partial charge in [-0.1, -0.05) is 18.2 Å². The molecule has 26 heavy (non-hydrogen) atoms. The first-order valence-corrected chi connectivity index (χ1v) is 8.77. The molecule has 0 aliphatic carbocycles. The fourth-order valence-electron chi connectivity index (χ4n) is 3.60. The highest BCUT2D eigenvalue weighted by Gasteiger charge is 2.30. The van der Waals surface area contributed by atoms with E-state index >= 15 is 0 Å². The topological polar surface area (TPSA) is 48.0 Å². The van der Waals surface area contributed by atoms with E-state index in [1.165, 1.54) is 5.56 Å². The number of carbonyl (C=O) groups excluding carboxylic acids is 1. The molecule has 5 nitrogen and oxygen atoms in total. The lowest BCUT2D eigenvalue weighted by atomic mass is 10.1. The van der Waals surface area contributed by atoms with Gasteiger partial charge >= 0.3 is 0 Å². The van der Waals surface area contributed by atoms with E-state index < -0.39 is 0 Å². The monoisotopic (exact) mass is 355 g/mol. The summed E-state index contributed by atoms with van der Waals surface area (Å²) >= 11 is 0. The summed E-state index contributed by atoms with van der Waals surface area (Å²) < 4.78 is 16.1. The molecule has 5 heteroatoms. The Bertz CT molecular complexity index is 777. The zero-order valence-corrected chi connectivity index (χ0v) is 15.7. The molecule has 0 spiro atoms. The van der Waals surface area contributed by atoms with E-state index in [1.807, 2.05) is 35.2 Å². The van der Waals surface area contributed by atoms with Gasteiger partial charge in [-0.2, -0.15) is 0 Å². The Balaban J connectivity index is 1.76. The Morgan fingerprint density at radius 1 is 1.08 bits per heavy atom. The van der Waals surface area contributed by atoms with Gasteiger partial charge in [0.1, 0.15) is 0 Å². The number of fused-ring (bicyclic) bond motifs is 1. The number of nitrogens with zero attached hydrogens (tertiary/aromatic N) is 1. The van der Waals surface area contributed by atoms with Crippen LogP contribution in [0.25, 0.3) is 0 Å². The van der Waals surface area contributed by atoms with Gasteiger partial charge in [0, 0.05) is 18.2 Å². The zero-order chi connectivity index (χ0) is 18.7. The van der Waals surface area contributed by atoms with Gasteiger partial charge in [-0.05, 0) is 49.1 Å². The summed E-state index contributed by atoms with van der Waals surface area (Å²) in [6.07, 6.45) is 1.95. The maximum absolute atomic E-state index is 12.9. The normalized spacial score (nSPS) is 15.5. The van der Waals surface area contributed by atoms with Crippen molar-refractivity contribution in [2.75, 3.05) is 26.2 Å². The standard InChI is InChI=1S/C21H25NO4/c1-14-11-16-7-5-6-8-17(16)22(14)20(23)10-9-15-12-18(24-2)21(26-4)19(13-15)25-3/h5-8,12-14H,9-11H2,1-4H3/t14-/m1/s1. The van der Waals surface area contributed by atoms with E-state index in [2.05, 4.69) is 13.0 Å². The van der Waals surface area contributed by atoms with E-state index in [1.54, 1.807) is 21.3 Å². The number of aryl methyl sites for hydroxylation is 1. The third-order valence-corrected chi connectivity index (χ3v) is 4.83. The average molecular weight is 355 g/mol. The quantitative estimate of drug-likeness (QED) is 0.794. The first-order valence-electron chi connectivity index (χ1n) is 8.77. The fourth-order valence-corrected chi connectivity index (χ4v) is 3.60. The minimum atomic E-state index is 0.135. The molecular formula is C21H25NO4. The lowest BCUT2D eigenvalue weighted by Crippen LogP contribution is -2.35. The van der Waals surface area contributed by atoms with Crippen molar-refractivity contribution in [1.29, 1.82) is 0 Å². The summed E-state index contributed by atoms with van der Waals surface area (Å²) in [5, 5.41) is 0. The van der Waals surface area contributed by atoms with Crippen LogP contribution >= 0.6 is 0 Å². The summed E-state index contributed by atoms with van der Waals surface area (Å²) in [5.74, 6) is 1.91. The Hall–Kier alpha value is -2.69. The van der Waals surface area contributed by atoms with Crippen molar-refractivity contribution in [2.45, 2.75) is 32.2 Å². The van der Waals surface area contributed by atoms with Crippen LogP contribution in [-0.2, 0) is 17.6 Å². The fraction of sp³-hybridized carbons (Fsp3) is 0.381. The lowest BCUT2D eigenvalue weighted by Gasteiger charge is -2.23. The smallest absolute Gasteiger partial charge is 0.227 e. The highest BCUT2D eigenvalue weighted by molar-refractivity contribution is 5.96. The van der Waals surface area contributed by atoms with Gasteiger partial charge in [-0.15, -0.1) is 0 Å². The molecule has 0 saturated carbocycles. The minimum Gasteiger partial charge on any atom is -0.493 e. The number of ether oxygens (including phenoxy) is 3. The second-order valence-corrected chi connectivity index (χ2v) is 6.48. The molecule has 3 rings (SSSR count). The van der Waals surface area contributed by atoms with Gasteiger partial charge in [-0.3, -0.25) is 4.79 Å². The maximum atomic E-state index is 12.9. The Morgan fingerprint density at radius 2 is 1.73 bits per heavy atom. The number of para-hydroxylation sites is 1. The first kappa shape index (κ1) is 18.1. The second kappa shape index (κ2) is 7.68. The van der Waals surface area contributed by atoms with Crippen molar-refractivity contribution in [3.63, 3.8) is 0 Å². The molecule has 2 aromatic rings. The maximum Gasteiger partial charge on any atom is 0.227 e. The Morgan fingerprint density at radius 3 is 2.35 bits per heavy atom. The largest absolute Gasteiger partial charge is 0.493 e. The molecule has 0 unspecified atom stereocenters. The number of methoxy groups -OCH3 is 3. The summed E-state index contributed by atoms with van der Waals surface area (Å²) in [6, 6.07) is 12.1. The number of carbonyl (C=O) groups is 1. The highest BCUT2D eigenvalue weighted by Crippen LogP contribution is 2.38. The molecule has 0 saturated heterocycles. The third kappa shape index (κ3) is 3.34. The summed E-state index contributed by atoms with van der Waals surface area (Å²) in [6.45, 7) is 2.09. The number of rotatable bonds is 6. The molecule has 1 atom stereocenters. The molecule has 1 aliphatic heterocycles. The van der Waals surface area contributed by atoms with Crippen molar-refractivity contribution in [2.24, 2.45) is 0 Å². The average Bonchev–Trinajstić information content (AvgIpc) is 3.00. The second-order valence-electron chi connectivity index (χ2n) is 6.48. The molecule has 0 N–H and O–H groups in total. The number of benzene rings is 2. The van der Waals surface area contributed by atoms with E-state index in [4.69, 9.17) is 14.2 Å². The Labute approximate surface area is 154 Å². The van der Waals surface area contributed by atoms with Crippen molar-refractivity contribution >= 4 is 11.6 Å². The van der Waals surface area contributed by atoms with Crippen LogP contribution < -0.4 is 19.1 Å². The predicted octanol–water partition coefficient (Wildman–Crippen LogP) is 3.62. The van der Waals surface area contributed by atoms with Crippen LogP contribution in [0.15, 0.2) is 36.4 Å². The van der Waals surface area contributed by atoms with Crippen LogP contribution in [-0.4, -0.2) is 33.3 Å². The number of hydrogen-bond donors (Lipinski definition) is 0. The SMILES string of the molecule is COc1cc(CCC(=O)N2c3ccccc3C[C@H]2C)cc(OC)c1OC. The van der Waals surface area contributed by atoms with Crippen molar-refractivity contribution < 1.29 is 19.0 Å². The highest BCUT2D eigenvalue weighted by atomic mass is 16.5. The lowest BCUT2D eigenvalue weighted by molar-refractivity contribution is -0.118. The van der Waals surface area contributed by atoms with E-state index in [-0.39, 0.29) is 11.9 Å². The minimum absolute atomic E-state index is 0.135. The van der Waals surface area contributed by atoms with Crippen LogP contribution in [0.4, 0.5) is 5.69 Å². The van der Waals surface area contributed by atoms with Crippen LogP contribution in [0.1, 0.15) is 24.5 Å². The molecule has 0 aromatic heterocycles. The van der Waals surface area contributed by atoms with Crippen molar-refractivity contribution in [3.8, 4) is 17.2 Å². The van der Waals surface area contributed by atoms with Crippen LogP contribution in [0.5, 0.6) is 17.2 Å². The molecule has 0 fully saturated rings. The molecule has 0 radical (unpaired) electrons. The van der Waals surface area contributed by atoms with E-state index in [0.29, 0.717) is 30.1 Å². The number of anilines is 1. The van der Waals surface area contributed by atoms with Crippen molar-refractivity contribution in [1.82, 2.24) is 0 Å². The van der Waals surface area contributed by atoms with Gasteiger partial charge in [0.2, 0.25) is 11.7 Å². The summed E-state index contributed by atoms with van der Waals surface area (Å²) in [4.78, 5) is 14.8. The van der Waals surface area contributed by atoms with Gasteiger partial charge < -0.3 is 19.1 Å². The van der Waals surface area contributed by atoms with Gasteiger partial charge in [0.25, 0.3) is 0 Å². The molecule has 2 aromatic carbocycles. The molecular weight excluding hydrogens is 330 g/mol. The van der Waals surface area contributed by atoms with Crippen LogP contribution in [0, 0.1) is 0 Å². The van der Waals surface area contributed by atoms with Gasteiger partial charge in [0.05, 0.1) is 21.3 Å². The van der Waals surface area contributed by atoms with Crippen molar-refractivity contribution in [3.05, 3.63) is 47.5 Å².